The molecule has 2 rings (SSSR count). The molecule has 0 aliphatic carbocycles. The van der Waals surface area contributed by atoms with Gasteiger partial charge in [-0.25, -0.2) is 12.8 Å². The molecule has 0 radical (unpaired) electrons. The lowest BCUT2D eigenvalue weighted by Crippen LogP contribution is -2.30. The molecule has 0 atom stereocenters. The Morgan fingerprint density at radius 1 is 1.00 bits per heavy atom. The lowest BCUT2D eigenvalue weighted by Gasteiger charge is -2.10. The van der Waals surface area contributed by atoms with Gasteiger partial charge in [0.2, 0.25) is 11.8 Å². The summed E-state index contributed by atoms with van der Waals surface area (Å²) in [6.45, 7) is 1.68. The van der Waals surface area contributed by atoms with Crippen molar-refractivity contribution >= 4 is 44.6 Å². The highest BCUT2D eigenvalue weighted by Crippen LogP contribution is 2.22. The molecule has 0 unspecified atom stereocenters. The minimum atomic E-state index is -3.98. The van der Waals surface area contributed by atoms with Crippen LogP contribution in [0.25, 0.3) is 0 Å². The van der Waals surface area contributed by atoms with Crippen LogP contribution in [0.4, 0.5) is 15.8 Å². The van der Waals surface area contributed by atoms with Crippen LogP contribution in [0.1, 0.15) is 5.56 Å². The Hall–Kier alpha value is -2.45. The highest BCUT2D eigenvalue weighted by atomic mass is 35.5. The summed E-state index contributed by atoms with van der Waals surface area (Å²) in [4.78, 5) is 23.8. The fraction of sp³-hybridized carbons (Fsp3) is 0.176. The Bertz CT molecular complexity index is 930. The van der Waals surface area contributed by atoms with Gasteiger partial charge in [0.05, 0.1) is 0 Å². The molecule has 138 valence electrons. The number of carbonyl (C=O) groups is 2. The number of carbonyl (C=O) groups excluding carboxylic acids is 2. The summed E-state index contributed by atoms with van der Waals surface area (Å²) >= 11 is 5.94. The van der Waals surface area contributed by atoms with Gasteiger partial charge in [0, 0.05) is 16.4 Å². The minimum absolute atomic E-state index is 0.255. The molecule has 2 aromatic carbocycles. The minimum Gasteiger partial charge on any atom is -0.325 e. The second-order valence-corrected chi connectivity index (χ2v) is 8.02. The maximum absolute atomic E-state index is 12.8. The summed E-state index contributed by atoms with van der Waals surface area (Å²) in [6.07, 6.45) is 0. The van der Waals surface area contributed by atoms with Crippen molar-refractivity contribution in [2.75, 3.05) is 22.1 Å². The van der Waals surface area contributed by atoms with Gasteiger partial charge >= 0.3 is 0 Å². The summed E-state index contributed by atoms with van der Waals surface area (Å²) in [5, 5.41) is 5.23. The molecule has 6 nitrogen and oxygen atoms in total. The fourth-order valence-corrected chi connectivity index (χ4v) is 3.33. The molecule has 0 bridgehead atoms. The molecule has 0 saturated heterocycles. The maximum atomic E-state index is 12.8. The Morgan fingerprint density at radius 3 is 2.19 bits per heavy atom. The summed E-state index contributed by atoms with van der Waals surface area (Å²) in [7, 11) is -3.98. The van der Waals surface area contributed by atoms with E-state index in [2.05, 4.69) is 10.6 Å². The summed E-state index contributed by atoms with van der Waals surface area (Å²) < 4.78 is 36.9. The molecular formula is C17H16ClFN2O4S. The van der Waals surface area contributed by atoms with E-state index in [-0.39, 0.29) is 5.69 Å². The predicted molar refractivity (Wildman–Crippen MR) is 98.5 cm³/mol. The SMILES string of the molecule is Cc1c(Cl)cccc1NC(=O)CS(=O)(=O)CC(=O)Nc1ccc(F)cc1. The van der Waals surface area contributed by atoms with Crippen molar-refractivity contribution < 1.29 is 22.4 Å². The van der Waals surface area contributed by atoms with Crippen LogP contribution in [-0.2, 0) is 19.4 Å². The normalized spacial score (nSPS) is 11.0. The zero-order valence-electron chi connectivity index (χ0n) is 13.8. The van der Waals surface area contributed by atoms with E-state index in [9.17, 15) is 22.4 Å². The molecule has 26 heavy (non-hydrogen) atoms. The highest BCUT2D eigenvalue weighted by molar-refractivity contribution is 7.92. The zero-order chi connectivity index (χ0) is 19.3. The third kappa shape index (κ3) is 5.82. The molecule has 0 saturated carbocycles. The van der Waals surface area contributed by atoms with Crippen LogP contribution in [0.15, 0.2) is 42.5 Å². The van der Waals surface area contributed by atoms with Crippen molar-refractivity contribution in [3.8, 4) is 0 Å². The molecule has 0 aromatic heterocycles. The van der Waals surface area contributed by atoms with Gasteiger partial charge in [0.25, 0.3) is 0 Å². The van der Waals surface area contributed by atoms with Crippen LogP contribution in [0.2, 0.25) is 5.02 Å². The topological polar surface area (TPSA) is 92.3 Å². The number of amides is 2. The number of sulfone groups is 1. The van der Waals surface area contributed by atoms with Crippen LogP contribution < -0.4 is 10.6 Å². The number of halogens is 2. The average Bonchev–Trinajstić information content (AvgIpc) is 2.53. The van der Waals surface area contributed by atoms with Crippen molar-refractivity contribution in [1.29, 1.82) is 0 Å². The van der Waals surface area contributed by atoms with E-state index in [4.69, 9.17) is 11.6 Å². The van der Waals surface area contributed by atoms with Gasteiger partial charge in [-0.15, -0.1) is 0 Å². The number of benzene rings is 2. The average molecular weight is 399 g/mol. The van der Waals surface area contributed by atoms with E-state index in [0.717, 1.165) is 12.1 Å². The number of nitrogens with one attached hydrogen (secondary N) is 2. The molecule has 0 heterocycles. The van der Waals surface area contributed by atoms with Crippen LogP contribution in [-0.4, -0.2) is 31.7 Å². The largest absolute Gasteiger partial charge is 0.325 e. The van der Waals surface area contributed by atoms with Gasteiger partial charge in [-0.1, -0.05) is 17.7 Å². The first-order valence-electron chi connectivity index (χ1n) is 7.47. The third-order valence-corrected chi connectivity index (χ3v) is 5.19. The van der Waals surface area contributed by atoms with Crippen molar-refractivity contribution in [1.82, 2.24) is 0 Å². The number of rotatable bonds is 6. The van der Waals surface area contributed by atoms with E-state index in [0.29, 0.717) is 16.3 Å². The van der Waals surface area contributed by atoms with Gasteiger partial charge in [0.15, 0.2) is 9.84 Å². The van der Waals surface area contributed by atoms with E-state index in [1.165, 1.54) is 12.1 Å². The van der Waals surface area contributed by atoms with Crippen LogP contribution in [0.5, 0.6) is 0 Å². The maximum Gasteiger partial charge on any atom is 0.239 e. The van der Waals surface area contributed by atoms with E-state index in [1.807, 2.05) is 0 Å². The van der Waals surface area contributed by atoms with Crippen molar-refractivity contribution in [3.05, 3.63) is 58.9 Å². The molecule has 2 N–H and O–H groups in total. The highest BCUT2D eigenvalue weighted by Gasteiger charge is 2.21. The van der Waals surface area contributed by atoms with Gasteiger partial charge in [-0.3, -0.25) is 9.59 Å². The smallest absolute Gasteiger partial charge is 0.239 e. The van der Waals surface area contributed by atoms with Crippen LogP contribution >= 0.6 is 11.6 Å². The lowest BCUT2D eigenvalue weighted by molar-refractivity contribution is -0.114. The lowest BCUT2D eigenvalue weighted by atomic mass is 10.2. The van der Waals surface area contributed by atoms with Gasteiger partial charge in [-0.05, 0) is 48.9 Å². The summed E-state index contributed by atoms with van der Waals surface area (Å²) in [6, 6.07) is 9.71. The second-order valence-electron chi connectivity index (χ2n) is 5.55. The van der Waals surface area contributed by atoms with E-state index < -0.39 is 39.0 Å². The quantitative estimate of drug-likeness (QED) is 0.782. The number of hydrogen-bond donors (Lipinski definition) is 2. The predicted octanol–water partition coefficient (Wildman–Crippen LogP) is 2.78. The Morgan fingerprint density at radius 2 is 1.58 bits per heavy atom. The zero-order valence-corrected chi connectivity index (χ0v) is 15.3. The molecule has 9 heteroatoms. The van der Waals surface area contributed by atoms with E-state index in [1.54, 1.807) is 25.1 Å². The summed E-state index contributed by atoms with van der Waals surface area (Å²) in [5.74, 6) is -3.79. The fourth-order valence-electron chi connectivity index (χ4n) is 2.11. The Balaban J connectivity index is 1.94. The molecule has 2 amide bonds. The molecule has 2 aromatic rings. The first-order valence-corrected chi connectivity index (χ1v) is 9.67. The van der Waals surface area contributed by atoms with Crippen molar-refractivity contribution in [3.63, 3.8) is 0 Å². The Kier molecular flexibility index (Phi) is 6.33. The van der Waals surface area contributed by atoms with Gasteiger partial charge < -0.3 is 10.6 Å². The van der Waals surface area contributed by atoms with Crippen LogP contribution in [0, 0.1) is 12.7 Å². The van der Waals surface area contributed by atoms with E-state index >= 15 is 0 Å². The molecule has 0 aliphatic heterocycles. The Labute approximate surface area is 155 Å². The molecule has 0 fully saturated rings. The molecule has 0 spiro atoms. The van der Waals surface area contributed by atoms with Crippen molar-refractivity contribution in [2.45, 2.75) is 6.92 Å². The molecule has 0 aliphatic rings. The number of anilines is 2. The first kappa shape index (κ1) is 19.9. The monoisotopic (exact) mass is 398 g/mol. The summed E-state index contributed by atoms with van der Waals surface area (Å²) in [5.41, 5.74) is 1.26. The van der Waals surface area contributed by atoms with Crippen molar-refractivity contribution in [2.24, 2.45) is 0 Å². The first-order chi connectivity index (χ1) is 12.2. The number of hydrogen-bond acceptors (Lipinski definition) is 4. The van der Waals surface area contributed by atoms with Crippen LogP contribution in [0.3, 0.4) is 0 Å². The van der Waals surface area contributed by atoms with Gasteiger partial charge in [-0.2, -0.15) is 0 Å². The van der Waals surface area contributed by atoms with Gasteiger partial charge in [0.1, 0.15) is 17.3 Å². The molecular weight excluding hydrogens is 383 g/mol. The third-order valence-electron chi connectivity index (χ3n) is 3.37. The standard InChI is InChI=1S/C17H16ClFN2O4S/c1-11-14(18)3-2-4-15(11)21-17(23)10-26(24,25)9-16(22)20-13-7-5-12(19)6-8-13/h2-8H,9-10H2,1H3,(H,20,22)(H,21,23). The second kappa shape index (κ2) is 8.29.